The topological polar surface area (TPSA) is 76.3 Å². The molecule has 6 nitrogen and oxygen atoms in total. The van der Waals surface area contributed by atoms with E-state index in [4.69, 9.17) is 16.1 Å². The average molecular weight is 432 g/mol. The van der Waals surface area contributed by atoms with Gasteiger partial charge in [-0.2, -0.15) is 9.29 Å². The Labute approximate surface area is 175 Å². The maximum absolute atomic E-state index is 13.2. The fraction of sp³-hybridized carbons (Fsp3) is 0.333. The Morgan fingerprint density at radius 3 is 2.55 bits per heavy atom. The van der Waals surface area contributed by atoms with E-state index in [1.165, 1.54) is 4.31 Å². The number of sulfonamides is 1. The predicted molar refractivity (Wildman–Crippen MR) is 111 cm³/mol. The minimum atomic E-state index is -3.64. The largest absolute Gasteiger partial charge is 0.337 e. The second kappa shape index (κ2) is 8.26. The van der Waals surface area contributed by atoms with Gasteiger partial charge in [0.15, 0.2) is 0 Å². The zero-order valence-corrected chi connectivity index (χ0v) is 17.7. The van der Waals surface area contributed by atoms with Crippen molar-refractivity contribution in [2.75, 3.05) is 6.54 Å². The Morgan fingerprint density at radius 1 is 1.14 bits per heavy atom. The summed E-state index contributed by atoms with van der Waals surface area (Å²) in [6.07, 6.45) is 3.35. The maximum atomic E-state index is 13.2. The third-order valence-corrected chi connectivity index (χ3v) is 7.28. The average Bonchev–Trinajstić information content (AvgIpc) is 3.39. The first-order valence-corrected chi connectivity index (χ1v) is 11.5. The minimum Gasteiger partial charge on any atom is -0.337 e. The Hall–Kier alpha value is -2.22. The second-order valence-electron chi connectivity index (χ2n) is 7.13. The summed E-state index contributed by atoms with van der Waals surface area (Å²) in [5, 5.41) is 4.65. The van der Waals surface area contributed by atoms with Gasteiger partial charge in [0.2, 0.25) is 21.7 Å². The quantitative estimate of drug-likeness (QED) is 0.556. The fourth-order valence-electron chi connectivity index (χ4n) is 3.61. The summed E-state index contributed by atoms with van der Waals surface area (Å²) in [4.78, 5) is 4.75. The molecule has 0 bridgehead atoms. The van der Waals surface area contributed by atoms with Gasteiger partial charge < -0.3 is 4.52 Å². The normalized spacial score (nSPS) is 17.7. The molecule has 1 saturated heterocycles. The van der Waals surface area contributed by atoms with Gasteiger partial charge in [0.05, 0.1) is 4.90 Å². The molecule has 0 aliphatic carbocycles. The fourth-order valence-corrected chi connectivity index (χ4v) is 5.39. The molecule has 0 N–H and O–H groups in total. The van der Waals surface area contributed by atoms with Crippen molar-refractivity contribution in [2.45, 2.75) is 43.5 Å². The smallest absolute Gasteiger partial charge is 0.245 e. The van der Waals surface area contributed by atoms with Crippen LogP contribution in [-0.4, -0.2) is 29.4 Å². The highest BCUT2D eigenvalue weighted by molar-refractivity contribution is 7.89. The van der Waals surface area contributed by atoms with Gasteiger partial charge in [-0.25, -0.2) is 8.42 Å². The van der Waals surface area contributed by atoms with Gasteiger partial charge in [-0.05, 0) is 61.2 Å². The summed E-state index contributed by atoms with van der Waals surface area (Å²) in [6.45, 7) is 2.53. The number of hydrogen-bond acceptors (Lipinski definition) is 5. The van der Waals surface area contributed by atoms with Gasteiger partial charge in [-0.3, -0.25) is 0 Å². The first-order chi connectivity index (χ1) is 14.0. The molecular weight excluding hydrogens is 410 g/mol. The van der Waals surface area contributed by atoms with Crippen molar-refractivity contribution in [1.82, 2.24) is 14.4 Å². The molecule has 0 radical (unpaired) electrons. The number of rotatable bonds is 6. The van der Waals surface area contributed by atoms with Crippen molar-refractivity contribution in [1.29, 1.82) is 0 Å². The van der Waals surface area contributed by atoms with Crippen LogP contribution in [0.15, 0.2) is 57.9 Å². The third kappa shape index (κ3) is 4.08. The van der Waals surface area contributed by atoms with Crippen LogP contribution >= 0.6 is 11.6 Å². The number of nitrogens with zero attached hydrogens (tertiary/aromatic N) is 3. The summed E-state index contributed by atoms with van der Waals surface area (Å²) in [5.41, 5.74) is 1.90. The highest BCUT2D eigenvalue weighted by Crippen LogP contribution is 2.36. The number of halogens is 1. The molecule has 8 heteroatoms. The van der Waals surface area contributed by atoms with Crippen LogP contribution in [0.2, 0.25) is 5.02 Å². The molecule has 2 aromatic carbocycles. The summed E-state index contributed by atoms with van der Waals surface area (Å²) in [6, 6.07) is 13.8. The molecule has 0 saturated carbocycles. The van der Waals surface area contributed by atoms with Gasteiger partial charge in [-0.15, -0.1) is 0 Å². The van der Waals surface area contributed by atoms with Crippen LogP contribution in [0.25, 0.3) is 11.4 Å². The first kappa shape index (κ1) is 20.1. The lowest BCUT2D eigenvalue weighted by atomic mass is 10.1. The Morgan fingerprint density at radius 2 is 1.86 bits per heavy atom. The van der Waals surface area contributed by atoms with Gasteiger partial charge in [0.25, 0.3) is 0 Å². The summed E-state index contributed by atoms with van der Waals surface area (Å²) < 4.78 is 33.4. The summed E-state index contributed by atoms with van der Waals surface area (Å²) in [5.74, 6) is 0.739. The third-order valence-electron chi connectivity index (χ3n) is 5.10. The predicted octanol–water partition coefficient (Wildman–Crippen LogP) is 4.87. The SMILES string of the molecule is CCCc1ccc(S(=O)(=O)N2CCCC2c2nc(-c3ccc(Cl)cc3)no2)cc1. The summed E-state index contributed by atoms with van der Waals surface area (Å²) in [7, 11) is -3.64. The maximum Gasteiger partial charge on any atom is 0.245 e. The minimum absolute atomic E-state index is 0.293. The van der Waals surface area contributed by atoms with Crippen LogP contribution in [0.4, 0.5) is 0 Å². The van der Waals surface area contributed by atoms with Crippen molar-refractivity contribution in [3.63, 3.8) is 0 Å². The van der Waals surface area contributed by atoms with Crippen molar-refractivity contribution in [2.24, 2.45) is 0 Å². The molecule has 1 aromatic heterocycles. The van der Waals surface area contributed by atoms with E-state index in [0.29, 0.717) is 34.6 Å². The van der Waals surface area contributed by atoms with Gasteiger partial charge >= 0.3 is 0 Å². The molecule has 1 unspecified atom stereocenters. The van der Waals surface area contributed by atoms with Crippen LogP contribution in [0.3, 0.4) is 0 Å². The lowest BCUT2D eigenvalue weighted by molar-refractivity contribution is 0.290. The first-order valence-electron chi connectivity index (χ1n) is 9.69. The summed E-state index contributed by atoms with van der Waals surface area (Å²) >= 11 is 5.93. The molecule has 1 aliphatic heterocycles. The monoisotopic (exact) mass is 431 g/mol. The van der Waals surface area contributed by atoms with Crippen molar-refractivity contribution in [3.05, 3.63) is 65.0 Å². The molecule has 1 aliphatic rings. The molecule has 1 fully saturated rings. The Balaban J connectivity index is 1.59. The molecule has 152 valence electrons. The molecule has 2 heterocycles. The zero-order valence-electron chi connectivity index (χ0n) is 16.1. The van der Waals surface area contributed by atoms with Gasteiger partial charge in [0, 0.05) is 17.1 Å². The number of hydrogen-bond donors (Lipinski definition) is 0. The molecule has 4 rings (SSSR count). The van der Waals surface area contributed by atoms with Crippen LogP contribution in [-0.2, 0) is 16.4 Å². The van der Waals surface area contributed by atoms with Gasteiger partial charge in [0.1, 0.15) is 6.04 Å². The highest BCUT2D eigenvalue weighted by Gasteiger charge is 2.39. The van der Waals surface area contributed by atoms with E-state index in [-0.39, 0.29) is 0 Å². The van der Waals surface area contributed by atoms with Crippen molar-refractivity contribution >= 4 is 21.6 Å². The van der Waals surface area contributed by atoms with Crippen LogP contribution in [0.5, 0.6) is 0 Å². The van der Waals surface area contributed by atoms with E-state index >= 15 is 0 Å². The standard InChI is InChI=1S/C21H22ClN3O3S/c1-2-4-15-6-12-18(13-7-15)29(26,27)25-14-3-5-19(25)21-23-20(24-28-21)16-8-10-17(22)11-9-16/h6-13,19H,2-5,14H2,1H3. The van der Waals surface area contributed by atoms with Crippen LogP contribution in [0, 0.1) is 0 Å². The van der Waals surface area contributed by atoms with E-state index in [0.717, 1.165) is 30.4 Å². The Bertz CT molecular complexity index is 1080. The van der Waals surface area contributed by atoms with E-state index in [1.54, 1.807) is 36.4 Å². The van der Waals surface area contributed by atoms with Crippen molar-refractivity contribution in [3.8, 4) is 11.4 Å². The molecule has 0 amide bonds. The molecule has 1 atom stereocenters. The second-order valence-corrected chi connectivity index (χ2v) is 9.46. The van der Waals surface area contributed by atoms with E-state index in [2.05, 4.69) is 17.1 Å². The van der Waals surface area contributed by atoms with Crippen molar-refractivity contribution < 1.29 is 12.9 Å². The lowest BCUT2D eigenvalue weighted by Gasteiger charge is -2.21. The number of aromatic nitrogens is 2. The van der Waals surface area contributed by atoms with Gasteiger partial charge in [-0.1, -0.05) is 42.2 Å². The van der Waals surface area contributed by atoms with E-state index < -0.39 is 16.1 Å². The number of aryl methyl sites for hydroxylation is 1. The highest BCUT2D eigenvalue weighted by atomic mass is 35.5. The van der Waals surface area contributed by atoms with Crippen LogP contribution in [0.1, 0.15) is 43.7 Å². The Kier molecular flexibility index (Phi) is 5.72. The van der Waals surface area contributed by atoms with Crippen LogP contribution < -0.4 is 0 Å². The van der Waals surface area contributed by atoms with E-state index in [1.807, 2.05) is 12.1 Å². The molecular formula is C21H22ClN3O3S. The van der Waals surface area contributed by atoms with E-state index in [9.17, 15) is 8.42 Å². The molecule has 29 heavy (non-hydrogen) atoms. The molecule has 0 spiro atoms. The molecule has 3 aromatic rings. The number of benzene rings is 2. The lowest BCUT2D eigenvalue weighted by Crippen LogP contribution is -2.30. The zero-order chi connectivity index (χ0) is 20.4.